The van der Waals surface area contributed by atoms with Crippen LogP contribution in [0.5, 0.6) is 5.75 Å². The molecule has 0 amide bonds. The van der Waals surface area contributed by atoms with Crippen molar-refractivity contribution in [3.05, 3.63) is 29.8 Å². The van der Waals surface area contributed by atoms with Crippen LogP contribution in [-0.4, -0.2) is 30.8 Å². The molecular formula is C13H17NO3. The number of benzene rings is 1. The number of phenolic OH excluding ortho intramolecular Hbond substituents is 1. The second-order valence-electron chi connectivity index (χ2n) is 4.35. The van der Waals surface area contributed by atoms with E-state index in [2.05, 4.69) is 5.32 Å². The fourth-order valence-corrected chi connectivity index (χ4v) is 2.26. The Morgan fingerprint density at radius 2 is 2.29 bits per heavy atom. The molecule has 0 unspecified atom stereocenters. The molecule has 2 atom stereocenters. The molecule has 0 radical (unpaired) electrons. The Morgan fingerprint density at radius 1 is 1.47 bits per heavy atom. The minimum atomic E-state index is -0.195. The molecule has 0 aromatic heterocycles. The van der Waals surface area contributed by atoms with E-state index in [1.807, 2.05) is 12.1 Å². The predicted molar refractivity (Wildman–Crippen MR) is 63.9 cm³/mol. The fraction of sp³-hybridized carbons (Fsp3) is 0.462. The molecule has 1 aromatic carbocycles. The normalized spacial score (nSPS) is 24.3. The van der Waals surface area contributed by atoms with Gasteiger partial charge < -0.3 is 15.2 Å². The molecule has 1 saturated heterocycles. The maximum atomic E-state index is 11.3. The number of carbonyl (C=O) groups excluding carboxylic acids is 1. The number of carbonyl (C=O) groups is 1. The van der Waals surface area contributed by atoms with Gasteiger partial charge in [0.1, 0.15) is 11.8 Å². The quantitative estimate of drug-likeness (QED) is 0.761. The van der Waals surface area contributed by atoms with Crippen molar-refractivity contribution < 1.29 is 14.6 Å². The Balaban J connectivity index is 1.97. The molecule has 0 spiro atoms. The molecule has 92 valence electrons. The van der Waals surface area contributed by atoms with Gasteiger partial charge in [-0.05, 0) is 36.5 Å². The molecule has 4 nitrogen and oxygen atoms in total. The lowest BCUT2D eigenvalue weighted by atomic mass is 9.88. The Bertz CT molecular complexity index is 397. The topological polar surface area (TPSA) is 58.6 Å². The molecule has 1 aliphatic rings. The predicted octanol–water partition coefficient (Wildman–Crippen LogP) is 1.40. The number of rotatable bonds is 2. The average molecular weight is 235 g/mol. The van der Waals surface area contributed by atoms with Crippen LogP contribution in [0, 0.1) is 0 Å². The van der Waals surface area contributed by atoms with Gasteiger partial charge in [-0.2, -0.15) is 0 Å². The first-order valence-corrected chi connectivity index (χ1v) is 5.81. The Hall–Kier alpha value is -1.55. The number of piperidine rings is 1. The number of ether oxygens (including phenoxy) is 1. The van der Waals surface area contributed by atoms with Gasteiger partial charge in [0, 0.05) is 6.54 Å². The molecule has 4 heteroatoms. The molecule has 1 heterocycles. The number of hydrogen-bond acceptors (Lipinski definition) is 4. The molecule has 0 saturated carbocycles. The van der Waals surface area contributed by atoms with E-state index in [9.17, 15) is 9.90 Å². The monoisotopic (exact) mass is 235 g/mol. The summed E-state index contributed by atoms with van der Waals surface area (Å²) in [5.74, 6) is 0.444. The summed E-state index contributed by atoms with van der Waals surface area (Å²) in [5, 5.41) is 12.6. The van der Waals surface area contributed by atoms with E-state index in [0.717, 1.165) is 24.9 Å². The maximum Gasteiger partial charge on any atom is 0.322 e. The second kappa shape index (κ2) is 5.19. The summed E-state index contributed by atoms with van der Waals surface area (Å²) in [6.07, 6.45) is 1.70. The van der Waals surface area contributed by atoms with Crippen molar-refractivity contribution in [3.63, 3.8) is 0 Å². The third kappa shape index (κ3) is 2.77. The highest BCUT2D eigenvalue weighted by Crippen LogP contribution is 2.27. The van der Waals surface area contributed by atoms with Crippen molar-refractivity contribution in [2.45, 2.75) is 24.8 Å². The molecule has 0 aliphatic carbocycles. The van der Waals surface area contributed by atoms with Crippen molar-refractivity contribution in [3.8, 4) is 5.75 Å². The van der Waals surface area contributed by atoms with Gasteiger partial charge in [-0.25, -0.2) is 0 Å². The van der Waals surface area contributed by atoms with Gasteiger partial charge in [-0.1, -0.05) is 12.1 Å². The van der Waals surface area contributed by atoms with Gasteiger partial charge >= 0.3 is 5.97 Å². The van der Waals surface area contributed by atoms with Gasteiger partial charge in [0.2, 0.25) is 0 Å². The summed E-state index contributed by atoms with van der Waals surface area (Å²) in [6, 6.07) is 7.11. The van der Waals surface area contributed by atoms with Gasteiger partial charge in [-0.15, -0.1) is 0 Å². The molecular weight excluding hydrogens is 218 g/mol. The van der Waals surface area contributed by atoms with E-state index in [0.29, 0.717) is 5.92 Å². The fourth-order valence-electron chi connectivity index (χ4n) is 2.26. The highest BCUT2D eigenvalue weighted by molar-refractivity contribution is 5.75. The van der Waals surface area contributed by atoms with Crippen molar-refractivity contribution >= 4 is 5.97 Å². The number of hydrogen-bond donors (Lipinski definition) is 2. The minimum Gasteiger partial charge on any atom is -0.508 e. The van der Waals surface area contributed by atoms with Crippen LogP contribution in [-0.2, 0) is 9.53 Å². The Morgan fingerprint density at radius 3 is 2.88 bits per heavy atom. The molecule has 17 heavy (non-hydrogen) atoms. The zero-order valence-electron chi connectivity index (χ0n) is 9.85. The highest BCUT2D eigenvalue weighted by atomic mass is 16.5. The molecule has 2 rings (SSSR count). The Labute approximate surface area is 101 Å². The molecule has 0 bridgehead atoms. The van der Waals surface area contributed by atoms with E-state index in [1.54, 1.807) is 12.1 Å². The van der Waals surface area contributed by atoms with Crippen LogP contribution in [0.2, 0.25) is 0 Å². The minimum absolute atomic E-state index is 0.187. The Kier molecular flexibility index (Phi) is 3.64. The summed E-state index contributed by atoms with van der Waals surface area (Å²) >= 11 is 0. The smallest absolute Gasteiger partial charge is 0.322 e. The number of methoxy groups -OCH3 is 1. The summed E-state index contributed by atoms with van der Waals surface area (Å²) < 4.78 is 4.71. The lowest BCUT2D eigenvalue weighted by Crippen LogP contribution is -2.43. The largest absolute Gasteiger partial charge is 0.508 e. The third-order valence-electron chi connectivity index (χ3n) is 3.24. The second-order valence-corrected chi connectivity index (χ2v) is 4.35. The zero-order valence-corrected chi connectivity index (χ0v) is 9.85. The van der Waals surface area contributed by atoms with E-state index in [1.165, 1.54) is 7.11 Å². The lowest BCUT2D eigenvalue weighted by molar-refractivity contribution is -0.143. The van der Waals surface area contributed by atoms with Gasteiger partial charge in [0.15, 0.2) is 0 Å². The van der Waals surface area contributed by atoms with Gasteiger partial charge in [0.05, 0.1) is 7.11 Å². The van der Waals surface area contributed by atoms with E-state index in [-0.39, 0.29) is 17.8 Å². The van der Waals surface area contributed by atoms with Crippen LogP contribution in [0.3, 0.4) is 0 Å². The van der Waals surface area contributed by atoms with Crippen LogP contribution >= 0.6 is 0 Å². The first kappa shape index (κ1) is 11.9. The average Bonchev–Trinajstić information content (AvgIpc) is 2.38. The van der Waals surface area contributed by atoms with Crippen molar-refractivity contribution in [1.82, 2.24) is 5.32 Å². The van der Waals surface area contributed by atoms with Crippen LogP contribution in [0.25, 0.3) is 0 Å². The van der Waals surface area contributed by atoms with E-state index >= 15 is 0 Å². The third-order valence-corrected chi connectivity index (χ3v) is 3.24. The summed E-state index contributed by atoms with van der Waals surface area (Å²) in [4.78, 5) is 11.3. The number of esters is 1. The molecule has 2 N–H and O–H groups in total. The number of phenols is 1. The van der Waals surface area contributed by atoms with Crippen LogP contribution in [0.1, 0.15) is 24.3 Å². The molecule has 1 fully saturated rings. The zero-order chi connectivity index (χ0) is 12.3. The van der Waals surface area contributed by atoms with Crippen LogP contribution < -0.4 is 5.32 Å². The van der Waals surface area contributed by atoms with Crippen molar-refractivity contribution in [2.24, 2.45) is 0 Å². The number of nitrogens with one attached hydrogen (secondary N) is 1. The van der Waals surface area contributed by atoms with Crippen molar-refractivity contribution in [2.75, 3.05) is 13.7 Å². The number of aromatic hydroxyl groups is 1. The van der Waals surface area contributed by atoms with Gasteiger partial charge in [-0.3, -0.25) is 4.79 Å². The molecule has 1 aliphatic heterocycles. The summed E-state index contributed by atoms with van der Waals surface area (Å²) in [6.45, 7) is 0.739. The maximum absolute atomic E-state index is 11.3. The first-order valence-electron chi connectivity index (χ1n) is 5.81. The van der Waals surface area contributed by atoms with Gasteiger partial charge in [0.25, 0.3) is 0 Å². The first-order chi connectivity index (χ1) is 8.20. The van der Waals surface area contributed by atoms with Crippen molar-refractivity contribution in [1.29, 1.82) is 0 Å². The van der Waals surface area contributed by atoms with E-state index in [4.69, 9.17) is 4.74 Å². The lowest BCUT2D eigenvalue weighted by Gasteiger charge is -2.28. The van der Waals surface area contributed by atoms with Crippen LogP contribution in [0.4, 0.5) is 0 Å². The summed E-state index contributed by atoms with van der Waals surface area (Å²) in [7, 11) is 1.41. The summed E-state index contributed by atoms with van der Waals surface area (Å²) in [5.41, 5.74) is 1.11. The SMILES string of the molecule is COC(=O)[C@@H]1CC[C@H](c2cccc(O)c2)CN1. The molecule has 1 aromatic rings. The van der Waals surface area contributed by atoms with Crippen LogP contribution in [0.15, 0.2) is 24.3 Å². The van der Waals surface area contributed by atoms with E-state index < -0.39 is 0 Å². The standard InChI is InChI=1S/C13H17NO3/c1-17-13(16)12-6-5-10(8-14-12)9-3-2-4-11(15)7-9/h2-4,7,10,12,14-15H,5-6,8H2,1H3/t10-,12-/m0/s1. The highest BCUT2D eigenvalue weighted by Gasteiger charge is 2.26.